The summed E-state index contributed by atoms with van der Waals surface area (Å²) in [7, 11) is -4.05. The van der Waals surface area contributed by atoms with Crippen molar-refractivity contribution in [2.24, 2.45) is 0 Å². The summed E-state index contributed by atoms with van der Waals surface area (Å²) in [6.07, 6.45) is -4.62. The molecule has 0 heterocycles. The Balaban J connectivity index is 1.92. The van der Waals surface area contributed by atoms with Crippen molar-refractivity contribution >= 4 is 38.9 Å². The zero-order valence-electron chi connectivity index (χ0n) is 17.8. The monoisotopic (exact) mass is 496 g/mol. The first-order valence-corrected chi connectivity index (χ1v) is 11.5. The van der Waals surface area contributed by atoms with Gasteiger partial charge in [0.05, 0.1) is 26.9 Å². The SMILES string of the molecule is Cc1ccc(NS(=O)(=O)c2cc(C(=O)Nc3cc(C(F)(F)F)ccc3Cl)ccc2C)c(C)c1. The van der Waals surface area contributed by atoms with Gasteiger partial charge >= 0.3 is 6.18 Å². The van der Waals surface area contributed by atoms with E-state index < -0.39 is 27.7 Å². The molecule has 0 spiro atoms. The summed E-state index contributed by atoms with van der Waals surface area (Å²) in [5.74, 6) is -0.806. The van der Waals surface area contributed by atoms with Crippen LogP contribution >= 0.6 is 11.6 Å². The predicted molar refractivity (Wildman–Crippen MR) is 122 cm³/mol. The Labute approximate surface area is 194 Å². The summed E-state index contributed by atoms with van der Waals surface area (Å²) in [4.78, 5) is 12.6. The number of hydrogen-bond donors (Lipinski definition) is 2. The van der Waals surface area contributed by atoms with E-state index in [2.05, 4.69) is 10.0 Å². The number of alkyl halides is 3. The van der Waals surface area contributed by atoms with E-state index in [-0.39, 0.29) is 21.2 Å². The molecule has 0 aliphatic carbocycles. The molecule has 0 fully saturated rings. The predicted octanol–water partition coefficient (Wildman–Crippen LogP) is 6.34. The number of carbonyl (C=O) groups is 1. The molecule has 0 aliphatic rings. The van der Waals surface area contributed by atoms with Crippen LogP contribution in [0.4, 0.5) is 24.5 Å². The molecule has 0 saturated heterocycles. The Morgan fingerprint density at radius 1 is 0.879 bits per heavy atom. The number of aryl methyl sites for hydroxylation is 3. The smallest absolute Gasteiger partial charge is 0.321 e. The fraction of sp³-hybridized carbons (Fsp3) is 0.174. The average Bonchev–Trinajstić information content (AvgIpc) is 2.71. The van der Waals surface area contributed by atoms with E-state index in [1.165, 1.54) is 12.1 Å². The molecule has 1 amide bonds. The second kappa shape index (κ2) is 9.07. The third kappa shape index (κ3) is 5.66. The van der Waals surface area contributed by atoms with Crippen LogP contribution in [0.15, 0.2) is 59.5 Å². The first-order valence-electron chi connectivity index (χ1n) is 9.67. The van der Waals surface area contributed by atoms with Crippen molar-refractivity contribution in [3.05, 3.63) is 87.4 Å². The van der Waals surface area contributed by atoms with Crippen LogP contribution in [-0.2, 0) is 16.2 Å². The number of halogens is 4. The summed E-state index contributed by atoms with van der Waals surface area (Å²) in [6, 6.07) is 11.8. The van der Waals surface area contributed by atoms with Crippen LogP contribution in [0.25, 0.3) is 0 Å². The first kappa shape index (κ1) is 24.6. The summed E-state index contributed by atoms with van der Waals surface area (Å²) in [5, 5.41) is 2.23. The molecule has 0 saturated carbocycles. The van der Waals surface area contributed by atoms with Crippen molar-refractivity contribution in [1.29, 1.82) is 0 Å². The minimum Gasteiger partial charge on any atom is -0.321 e. The van der Waals surface area contributed by atoms with E-state index in [9.17, 15) is 26.4 Å². The molecular weight excluding hydrogens is 477 g/mol. The lowest BCUT2D eigenvalue weighted by Crippen LogP contribution is -2.18. The van der Waals surface area contributed by atoms with Gasteiger partial charge in [0.25, 0.3) is 15.9 Å². The van der Waals surface area contributed by atoms with Gasteiger partial charge in [0, 0.05) is 5.56 Å². The highest BCUT2D eigenvalue weighted by molar-refractivity contribution is 7.92. The van der Waals surface area contributed by atoms with Crippen LogP contribution < -0.4 is 10.0 Å². The number of carbonyl (C=O) groups excluding carboxylic acids is 1. The van der Waals surface area contributed by atoms with Gasteiger partial charge in [-0.3, -0.25) is 9.52 Å². The van der Waals surface area contributed by atoms with Crippen molar-refractivity contribution in [1.82, 2.24) is 0 Å². The third-order valence-electron chi connectivity index (χ3n) is 4.91. The standard InChI is InChI=1S/C23H20ClF3N2O3S/c1-13-4-9-19(15(3)10-13)29-33(31,32)21-11-16(6-5-14(21)2)22(30)28-20-12-17(23(25,26)27)7-8-18(20)24/h4-12,29H,1-3H3,(H,28,30). The molecule has 3 aromatic carbocycles. The van der Waals surface area contributed by atoms with Crippen molar-refractivity contribution in [3.8, 4) is 0 Å². The van der Waals surface area contributed by atoms with Crippen LogP contribution in [-0.4, -0.2) is 14.3 Å². The number of hydrogen-bond acceptors (Lipinski definition) is 3. The van der Waals surface area contributed by atoms with E-state index in [1.807, 2.05) is 13.0 Å². The van der Waals surface area contributed by atoms with Gasteiger partial charge in [-0.1, -0.05) is 35.4 Å². The molecule has 0 aromatic heterocycles. The number of anilines is 2. The van der Waals surface area contributed by atoms with E-state index in [4.69, 9.17) is 11.6 Å². The first-order chi connectivity index (χ1) is 15.3. The molecule has 0 unspecified atom stereocenters. The van der Waals surface area contributed by atoms with E-state index in [0.717, 1.165) is 29.3 Å². The molecule has 2 N–H and O–H groups in total. The molecule has 0 atom stereocenters. The Morgan fingerprint density at radius 3 is 2.21 bits per heavy atom. The maximum absolute atomic E-state index is 13.0. The minimum atomic E-state index is -4.62. The third-order valence-corrected chi connectivity index (χ3v) is 6.75. The highest BCUT2D eigenvalue weighted by atomic mass is 35.5. The van der Waals surface area contributed by atoms with Crippen LogP contribution in [0.1, 0.15) is 32.6 Å². The Hall–Kier alpha value is -3.04. The summed E-state index contributed by atoms with van der Waals surface area (Å²) >= 11 is 5.94. The molecule has 0 aliphatic heterocycles. The Kier molecular flexibility index (Phi) is 6.76. The molecule has 0 bridgehead atoms. The fourth-order valence-electron chi connectivity index (χ4n) is 3.15. The maximum Gasteiger partial charge on any atom is 0.416 e. The van der Waals surface area contributed by atoms with Gasteiger partial charge in [-0.25, -0.2) is 8.42 Å². The molecule has 10 heteroatoms. The largest absolute Gasteiger partial charge is 0.416 e. The topological polar surface area (TPSA) is 75.3 Å². The van der Waals surface area contributed by atoms with Crippen LogP contribution in [0.5, 0.6) is 0 Å². The zero-order valence-corrected chi connectivity index (χ0v) is 19.4. The molecular formula is C23H20ClF3N2O3S. The van der Waals surface area contributed by atoms with Gasteiger partial charge in [-0.05, 0) is 68.3 Å². The number of rotatable bonds is 5. The average molecular weight is 497 g/mol. The van der Waals surface area contributed by atoms with Gasteiger partial charge in [0.2, 0.25) is 0 Å². The fourth-order valence-corrected chi connectivity index (χ4v) is 4.72. The lowest BCUT2D eigenvalue weighted by molar-refractivity contribution is -0.137. The van der Waals surface area contributed by atoms with Gasteiger partial charge in [0.15, 0.2) is 0 Å². The molecule has 3 rings (SSSR count). The summed E-state index contributed by atoms with van der Waals surface area (Å²) in [6.45, 7) is 5.22. The van der Waals surface area contributed by atoms with E-state index in [1.54, 1.807) is 26.0 Å². The van der Waals surface area contributed by atoms with Crippen LogP contribution in [0.3, 0.4) is 0 Å². The number of amides is 1. The lowest BCUT2D eigenvalue weighted by Gasteiger charge is -2.15. The highest BCUT2D eigenvalue weighted by Gasteiger charge is 2.31. The van der Waals surface area contributed by atoms with Gasteiger partial charge in [-0.15, -0.1) is 0 Å². The Bertz CT molecular complexity index is 1340. The molecule has 33 heavy (non-hydrogen) atoms. The van der Waals surface area contributed by atoms with Crippen molar-refractivity contribution in [2.75, 3.05) is 10.0 Å². The van der Waals surface area contributed by atoms with Crippen molar-refractivity contribution < 1.29 is 26.4 Å². The number of nitrogens with one attached hydrogen (secondary N) is 2. The lowest BCUT2D eigenvalue weighted by atomic mass is 10.1. The number of benzene rings is 3. The highest BCUT2D eigenvalue weighted by Crippen LogP contribution is 2.34. The van der Waals surface area contributed by atoms with Gasteiger partial charge in [0.1, 0.15) is 0 Å². The minimum absolute atomic E-state index is 0.0601. The van der Waals surface area contributed by atoms with E-state index >= 15 is 0 Å². The van der Waals surface area contributed by atoms with Gasteiger partial charge in [-0.2, -0.15) is 13.2 Å². The van der Waals surface area contributed by atoms with Crippen LogP contribution in [0, 0.1) is 20.8 Å². The second-order valence-electron chi connectivity index (χ2n) is 7.55. The molecule has 174 valence electrons. The molecule has 0 radical (unpaired) electrons. The number of sulfonamides is 1. The zero-order chi connectivity index (χ0) is 24.6. The van der Waals surface area contributed by atoms with Crippen molar-refractivity contribution in [2.45, 2.75) is 31.8 Å². The molecule has 3 aromatic rings. The summed E-state index contributed by atoms with van der Waals surface area (Å²) < 4.78 is 67.5. The summed E-state index contributed by atoms with van der Waals surface area (Å²) in [5.41, 5.74) is 1.20. The van der Waals surface area contributed by atoms with E-state index in [0.29, 0.717) is 17.3 Å². The molecule has 5 nitrogen and oxygen atoms in total. The van der Waals surface area contributed by atoms with Gasteiger partial charge < -0.3 is 5.32 Å². The Morgan fingerprint density at radius 2 is 1.58 bits per heavy atom. The second-order valence-corrected chi connectivity index (χ2v) is 9.61. The van der Waals surface area contributed by atoms with Crippen molar-refractivity contribution in [3.63, 3.8) is 0 Å². The maximum atomic E-state index is 13.0. The normalized spacial score (nSPS) is 11.8. The quantitative estimate of drug-likeness (QED) is 0.433. The van der Waals surface area contributed by atoms with Crippen LogP contribution in [0.2, 0.25) is 5.02 Å².